The number of rotatable bonds is 3. The van der Waals surface area contributed by atoms with Gasteiger partial charge in [0.15, 0.2) is 0 Å². The third-order valence-corrected chi connectivity index (χ3v) is 4.11. The minimum Gasteiger partial charge on any atom is -0.377 e. The second kappa shape index (κ2) is 4.40. The lowest BCUT2D eigenvalue weighted by atomic mass is 9.91. The van der Waals surface area contributed by atoms with Crippen molar-refractivity contribution in [1.29, 1.82) is 0 Å². The Morgan fingerprint density at radius 2 is 1.73 bits per heavy atom. The molecular weight excluding hydrogens is 188 g/mol. The Hall–Kier alpha value is -0.120. The molecule has 0 saturated carbocycles. The number of hydrogen-bond donors (Lipinski definition) is 0. The molecule has 0 amide bonds. The van der Waals surface area contributed by atoms with Gasteiger partial charge in [0.2, 0.25) is 0 Å². The van der Waals surface area contributed by atoms with Gasteiger partial charge in [-0.1, -0.05) is 6.92 Å². The molecular formula is C12H24N2O. The lowest BCUT2D eigenvalue weighted by molar-refractivity contribution is -0.152. The summed E-state index contributed by atoms with van der Waals surface area (Å²) in [5, 5.41) is 0. The third-order valence-electron chi connectivity index (χ3n) is 4.11. The summed E-state index contributed by atoms with van der Waals surface area (Å²) in [5.74, 6) is 0. The van der Waals surface area contributed by atoms with Gasteiger partial charge in [-0.3, -0.25) is 9.80 Å². The zero-order valence-corrected chi connectivity index (χ0v) is 10.3. The van der Waals surface area contributed by atoms with Crippen LogP contribution in [0.15, 0.2) is 0 Å². The molecule has 2 heterocycles. The Bertz CT molecular complexity index is 200. The van der Waals surface area contributed by atoms with Crippen molar-refractivity contribution in [2.75, 3.05) is 39.4 Å². The molecule has 0 N–H and O–H groups in total. The zero-order chi connectivity index (χ0) is 10.9. The number of piperazine rings is 1. The molecule has 2 aliphatic rings. The van der Waals surface area contributed by atoms with Crippen LogP contribution in [0.25, 0.3) is 0 Å². The number of ether oxygens (including phenoxy) is 1. The number of nitrogens with zero attached hydrogens (tertiary/aromatic N) is 2. The van der Waals surface area contributed by atoms with Crippen LogP contribution in [0.1, 0.15) is 27.2 Å². The summed E-state index contributed by atoms with van der Waals surface area (Å²) in [6.07, 6.45) is 1.23. The molecule has 2 saturated heterocycles. The molecule has 0 aromatic rings. The lowest BCUT2D eigenvalue weighted by Crippen LogP contribution is -2.66. The Labute approximate surface area is 93.4 Å². The minimum absolute atomic E-state index is 0.392. The molecule has 0 atom stereocenters. The van der Waals surface area contributed by atoms with Crippen LogP contribution in [-0.4, -0.2) is 60.8 Å². The molecule has 88 valence electrons. The van der Waals surface area contributed by atoms with Crippen molar-refractivity contribution in [3.8, 4) is 0 Å². The summed E-state index contributed by atoms with van der Waals surface area (Å²) >= 11 is 0. The van der Waals surface area contributed by atoms with Crippen LogP contribution in [-0.2, 0) is 4.74 Å². The molecule has 3 heteroatoms. The monoisotopic (exact) mass is 212 g/mol. The van der Waals surface area contributed by atoms with Gasteiger partial charge < -0.3 is 4.74 Å². The summed E-state index contributed by atoms with van der Waals surface area (Å²) < 4.78 is 5.40. The predicted octanol–water partition coefficient (Wildman–Crippen LogP) is 1.19. The fraction of sp³-hybridized carbons (Fsp3) is 1.00. The SMILES string of the molecule is CCC1(N2CCN(C(C)C)CC2)COC1. The van der Waals surface area contributed by atoms with Gasteiger partial charge >= 0.3 is 0 Å². The molecule has 0 radical (unpaired) electrons. The predicted molar refractivity (Wildman–Crippen MR) is 62.1 cm³/mol. The molecule has 2 fully saturated rings. The van der Waals surface area contributed by atoms with Crippen molar-refractivity contribution < 1.29 is 4.74 Å². The van der Waals surface area contributed by atoms with Gasteiger partial charge in [-0.15, -0.1) is 0 Å². The Balaban J connectivity index is 1.87. The zero-order valence-electron chi connectivity index (χ0n) is 10.3. The quantitative estimate of drug-likeness (QED) is 0.699. The Morgan fingerprint density at radius 1 is 1.13 bits per heavy atom. The van der Waals surface area contributed by atoms with E-state index in [9.17, 15) is 0 Å². The summed E-state index contributed by atoms with van der Waals surface area (Å²) in [4.78, 5) is 5.22. The lowest BCUT2D eigenvalue weighted by Gasteiger charge is -2.52. The van der Waals surface area contributed by atoms with Crippen LogP contribution in [0, 0.1) is 0 Å². The normalized spacial score (nSPS) is 28.0. The summed E-state index contributed by atoms with van der Waals surface area (Å²) in [7, 11) is 0. The highest BCUT2D eigenvalue weighted by molar-refractivity contribution is 4.97. The van der Waals surface area contributed by atoms with Crippen molar-refractivity contribution in [2.45, 2.75) is 38.8 Å². The second-order valence-electron chi connectivity index (χ2n) is 5.19. The highest BCUT2D eigenvalue weighted by Gasteiger charge is 2.43. The van der Waals surface area contributed by atoms with Crippen LogP contribution < -0.4 is 0 Å². The van der Waals surface area contributed by atoms with Crippen LogP contribution in [0.3, 0.4) is 0 Å². The molecule has 0 aromatic carbocycles. The van der Waals surface area contributed by atoms with Crippen LogP contribution in [0.2, 0.25) is 0 Å². The molecule has 0 bridgehead atoms. The van der Waals surface area contributed by atoms with Gasteiger partial charge in [-0.2, -0.15) is 0 Å². The molecule has 0 unspecified atom stereocenters. The van der Waals surface area contributed by atoms with Gasteiger partial charge in [0.05, 0.1) is 18.8 Å². The fourth-order valence-electron chi connectivity index (χ4n) is 2.66. The average Bonchev–Trinajstić information content (AvgIpc) is 2.18. The van der Waals surface area contributed by atoms with Crippen molar-refractivity contribution in [2.24, 2.45) is 0 Å². The average molecular weight is 212 g/mol. The third kappa shape index (κ3) is 2.05. The molecule has 0 aromatic heterocycles. The van der Waals surface area contributed by atoms with Crippen molar-refractivity contribution in [3.05, 3.63) is 0 Å². The van der Waals surface area contributed by atoms with Gasteiger partial charge in [0, 0.05) is 32.2 Å². The smallest absolute Gasteiger partial charge is 0.0676 e. The van der Waals surface area contributed by atoms with E-state index in [4.69, 9.17) is 4.74 Å². The van der Waals surface area contributed by atoms with Crippen molar-refractivity contribution in [3.63, 3.8) is 0 Å². The standard InChI is InChI=1S/C12H24N2O/c1-4-12(9-15-10-12)14-7-5-13(6-8-14)11(2)3/h11H,4-10H2,1-3H3. The topological polar surface area (TPSA) is 15.7 Å². The minimum atomic E-state index is 0.392. The fourth-order valence-corrected chi connectivity index (χ4v) is 2.66. The summed E-state index contributed by atoms with van der Waals surface area (Å²) in [6, 6.07) is 0.697. The first-order valence-corrected chi connectivity index (χ1v) is 6.25. The van der Waals surface area contributed by atoms with Gasteiger partial charge in [0.25, 0.3) is 0 Å². The van der Waals surface area contributed by atoms with Gasteiger partial charge in [-0.05, 0) is 20.3 Å². The molecule has 15 heavy (non-hydrogen) atoms. The van der Waals surface area contributed by atoms with Crippen molar-refractivity contribution >= 4 is 0 Å². The Morgan fingerprint density at radius 3 is 2.07 bits per heavy atom. The van der Waals surface area contributed by atoms with E-state index in [2.05, 4.69) is 30.6 Å². The number of hydrogen-bond acceptors (Lipinski definition) is 3. The maximum Gasteiger partial charge on any atom is 0.0676 e. The highest BCUT2D eigenvalue weighted by Crippen LogP contribution is 2.29. The van der Waals surface area contributed by atoms with E-state index >= 15 is 0 Å². The molecule has 2 aliphatic heterocycles. The molecule has 0 aliphatic carbocycles. The first-order chi connectivity index (χ1) is 7.18. The maximum absolute atomic E-state index is 5.40. The highest BCUT2D eigenvalue weighted by atomic mass is 16.5. The van der Waals surface area contributed by atoms with Crippen molar-refractivity contribution in [1.82, 2.24) is 9.80 Å². The van der Waals surface area contributed by atoms with E-state index in [1.165, 1.54) is 32.6 Å². The molecule has 2 rings (SSSR count). The van der Waals surface area contributed by atoms with Crippen LogP contribution in [0.5, 0.6) is 0 Å². The maximum atomic E-state index is 5.40. The summed E-state index contributed by atoms with van der Waals surface area (Å²) in [6.45, 7) is 13.6. The second-order valence-corrected chi connectivity index (χ2v) is 5.19. The van der Waals surface area contributed by atoms with E-state index in [0.717, 1.165) is 13.2 Å². The Kier molecular flexibility index (Phi) is 3.33. The molecule has 0 spiro atoms. The van der Waals surface area contributed by atoms with E-state index in [0.29, 0.717) is 11.6 Å². The largest absolute Gasteiger partial charge is 0.377 e. The summed E-state index contributed by atoms with van der Waals surface area (Å²) in [5.41, 5.74) is 0.392. The van der Waals surface area contributed by atoms with E-state index in [-0.39, 0.29) is 0 Å². The van der Waals surface area contributed by atoms with E-state index in [1.807, 2.05) is 0 Å². The first kappa shape index (κ1) is 11.4. The van der Waals surface area contributed by atoms with Crippen LogP contribution in [0.4, 0.5) is 0 Å². The van der Waals surface area contributed by atoms with Gasteiger partial charge in [0.1, 0.15) is 0 Å². The first-order valence-electron chi connectivity index (χ1n) is 6.25. The molecule has 3 nitrogen and oxygen atoms in total. The van der Waals surface area contributed by atoms with Crippen LogP contribution >= 0.6 is 0 Å². The van der Waals surface area contributed by atoms with E-state index < -0.39 is 0 Å². The van der Waals surface area contributed by atoms with Gasteiger partial charge in [-0.25, -0.2) is 0 Å². The van der Waals surface area contributed by atoms with E-state index in [1.54, 1.807) is 0 Å².